The van der Waals surface area contributed by atoms with E-state index in [0.29, 0.717) is 23.9 Å². The molecule has 26 heavy (non-hydrogen) atoms. The van der Waals surface area contributed by atoms with Gasteiger partial charge < -0.3 is 10.1 Å². The largest absolute Gasteiger partial charge is 0.378 e. The third-order valence-corrected chi connectivity index (χ3v) is 3.95. The maximum absolute atomic E-state index is 14.1. The van der Waals surface area contributed by atoms with Gasteiger partial charge in [0.15, 0.2) is 0 Å². The van der Waals surface area contributed by atoms with E-state index in [4.69, 9.17) is 4.74 Å². The van der Waals surface area contributed by atoms with E-state index in [1.165, 1.54) is 12.4 Å². The van der Waals surface area contributed by atoms with Crippen LogP contribution in [0.2, 0.25) is 0 Å². The second kappa shape index (κ2) is 6.52. The monoisotopic (exact) mass is 353 g/mol. The Morgan fingerprint density at radius 2 is 2.08 bits per heavy atom. The molecule has 0 aliphatic heterocycles. The molecule has 4 aromatic rings. The van der Waals surface area contributed by atoms with Gasteiger partial charge in [-0.1, -0.05) is 12.1 Å². The first-order chi connectivity index (χ1) is 12.7. The van der Waals surface area contributed by atoms with Gasteiger partial charge in [-0.2, -0.15) is 19.7 Å². The molecule has 0 atom stereocenters. The van der Waals surface area contributed by atoms with Crippen molar-refractivity contribution in [3.63, 3.8) is 0 Å². The molecule has 0 radical (unpaired) electrons. The summed E-state index contributed by atoms with van der Waals surface area (Å²) in [4.78, 5) is 8.49. The normalized spacial score (nSPS) is 11.2. The molecule has 0 saturated carbocycles. The van der Waals surface area contributed by atoms with Crippen molar-refractivity contribution in [1.82, 2.24) is 29.4 Å². The van der Waals surface area contributed by atoms with Crippen molar-refractivity contribution in [3.8, 4) is 5.69 Å². The quantitative estimate of drug-likeness (QED) is 0.594. The molecule has 0 bridgehead atoms. The summed E-state index contributed by atoms with van der Waals surface area (Å²) in [5.74, 6) is 0.784. The number of ether oxygens (including phenoxy) is 1. The van der Waals surface area contributed by atoms with Gasteiger partial charge in [0.1, 0.15) is 23.6 Å². The molecular formula is C17H16FN7O. The highest BCUT2D eigenvalue weighted by molar-refractivity contribution is 5.61. The van der Waals surface area contributed by atoms with E-state index in [1.807, 2.05) is 13.0 Å². The number of para-hydroxylation sites is 1. The van der Waals surface area contributed by atoms with Crippen molar-refractivity contribution < 1.29 is 9.13 Å². The predicted molar refractivity (Wildman–Crippen MR) is 93.0 cm³/mol. The number of fused-ring (bicyclic) bond motifs is 1. The SMILES string of the molecule is COCc1cc(Nc2cnn(-c3ccccc3F)c2C)n2ncnc2n1. The molecule has 1 aromatic carbocycles. The van der Waals surface area contributed by atoms with Crippen molar-refractivity contribution >= 4 is 17.3 Å². The summed E-state index contributed by atoms with van der Waals surface area (Å²) in [6.07, 6.45) is 3.07. The fourth-order valence-corrected chi connectivity index (χ4v) is 2.71. The first kappa shape index (κ1) is 16.2. The standard InChI is InChI=1S/C17H16FN7O/c1-11-14(8-20-24(11)15-6-4-3-5-13(15)18)23-16-7-12(9-26-2)22-17-19-10-21-25(16)17/h3-8,10,23H,9H2,1-2H3. The third-order valence-electron chi connectivity index (χ3n) is 3.95. The van der Waals surface area contributed by atoms with E-state index >= 15 is 0 Å². The van der Waals surface area contributed by atoms with Gasteiger partial charge in [-0.05, 0) is 19.1 Å². The highest BCUT2D eigenvalue weighted by Gasteiger charge is 2.14. The van der Waals surface area contributed by atoms with Gasteiger partial charge >= 0.3 is 0 Å². The molecule has 3 heterocycles. The Morgan fingerprint density at radius 1 is 1.23 bits per heavy atom. The Bertz CT molecular complexity index is 1070. The number of hydrogen-bond acceptors (Lipinski definition) is 6. The highest BCUT2D eigenvalue weighted by atomic mass is 19.1. The van der Waals surface area contributed by atoms with Crippen LogP contribution in [0.5, 0.6) is 0 Å². The molecule has 4 rings (SSSR count). The number of halogens is 1. The van der Waals surface area contributed by atoms with Gasteiger partial charge in [0, 0.05) is 13.2 Å². The van der Waals surface area contributed by atoms with E-state index in [9.17, 15) is 4.39 Å². The Balaban J connectivity index is 1.74. The van der Waals surface area contributed by atoms with Crippen molar-refractivity contribution in [2.45, 2.75) is 13.5 Å². The maximum atomic E-state index is 14.1. The zero-order valence-corrected chi connectivity index (χ0v) is 14.2. The van der Waals surface area contributed by atoms with Crippen molar-refractivity contribution in [2.24, 2.45) is 0 Å². The van der Waals surface area contributed by atoms with Gasteiger partial charge in [0.05, 0.1) is 29.9 Å². The number of hydrogen-bond donors (Lipinski definition) is 1. The topological polar surface area (TPSA) is 82.2 Å². The van der Waals surface area contributed by atoms with Gasteiger partial charge in [-0.25, -0.2) is 14.1 Å². The van der Waals surface area contributed by atoms with Crippen molar-refractivity contribution in [3.05, 3.63) is 60.1 Å². The van der Waals surface area contributed by atoms with Crippen LogP contribution in [0, 0.1) is 12.7 Å². The Labute approximate surface area is 148 Å². The number of rotatable bonds is 5. The first-order valence-electron chi connectivity index (χ1n) is 7.92. The number of anilines is 2. The summed E-state index contributed by atoms with van der Waals surface area (Å²) in [7, 11) is 1.60. The number of methoxy groups -OCH3 is 1. The molecule has 132 valence electrons. The van der Waals surface area contributed by atoms with Gasteiger partial charge in [-0.15, -0.1) is 0 Å². The molecule has 3 aromatic heterocycles. The molecule has 0 unspecified atom stereocenters. The zero-order valence-electron chi connectivity index (χ0n) is 14.2. The summed E-state index contributed by atoms with van der Waals surface area (Å²) in [5, 5.41) is 11.7. The van der Waals surface area contributed by atoms with E-state index < -0.39 is 0 Å². The van der Waals surface area contributed by atoms with Gasteiger partial charge in [-0.3, -0.25) is 0 Å². The Hall–Kier alpha value is -3.33. The molecule has 0 saturated heterocycles. The number of aromatic nitrogens is 6. The average molecular weight is 353 g/mol. The molecular weight excluding hydrogens is 337 g/mol. The molecule has 0 aliphatic rings. The van der Waals surface area contributed by atoms with Crippen LogP contribution in [0.25, 0.3) is 11.5 Å². The first-order valence-corrected chi connectivity index (χ1v) is 7.92. The van der Waals surface area contributed by atoms with Crippen LogP contribution in [-0.4, -0.2) is 36.5 Å². The number of nitrogens with one attached hydrogen (secondary N) is 1. The number of benzene rings is 1. The van der Waals surface area contributed by atoms with Crippen molar-refractivity contribution in [2.75, 3.05) is 12.4 Å². The molecule has 0 amide bonds. The summed E-state index contributed by atoms with van der Waals surface area (Å²) >= 11 is 0. The molecule has 8 nitrogen and oxygen atoms in total. The zero-order chi connectivity index (χ0) is 18.1. The third kappa shape index (κ3) is 2.78. The van der Waals surface area contributed by atoms with Crippen LogP contribution in [0.15, 0.2) is 42.9 Å². The van der Waals surface area contributed by atoms with Crippen LogP contribution < -0.4 is 5.32 Å². The minimum absolute atomic E-state index is 0.338. The van der Waals surface area contributed by atoms with E-state index in [1.54, 1.807) is 40.7 Å². The van der Waals surface area contributed by atoms with Crippen LogP contribution in [0.3, 0.4) is 0 Å². The summed E-state index contributed by atoms with van der Waals surface area (Å²) in [6, 6.07) is 8.32. The Morgan fingerprint density at radius 3 is 2.88 bits per heavy atom. The molecule has 1 N–H and O–H groups in total. The fourth-order valence-electron chi connectivity index (χ4n) is 2.71. The second-order valence-corrected chi connectivity index (χ2v) is 5.67. The lowest BCUT2D eigenvalue weighted by Crippen LogP contribution is -2.06. The van der Waals surface area contributed by atoms with Gasteiger partial charge in [0.25, 0.3) is 5.78 Å². The lowest BCUT2D eigenvalue weighted by atomic mass is 10.3. The molecule has 9 heteroatoms. The molecule has 0 aliphatic carbocycles. The second-order valence-electron chi connectivity index (χ2n) is 5.67. The lowest BCUT2D eigenvalue weighted by molar-refractivity contribution is 0.181. The van der Waals surface area contributed by atoms with Crippen LogP contribution in [0.1, 0.15) is 11.4 Å². The minimum atomic E-state index is -0.338. The minimum Gasteiger partial charge on any atom is -0.378 e. The molecule has 0 spiro atoms. The van der Waals surface area contributed by atoms with Gasteiger partial charge in [0.2, 0.25) is 0 Å². The highest BCUT2D eigenvalue weighted by Crippen LogP contribution is 2.24. The lowest BCUT2D eigenvalue weighted by Gasteiger charge is -2.10. The average Bonchev–Trinajstić information content (AvgIpc) is 3.24. The van der Waals surface area contributed by atoms with E-state index in [0.717, 1.165) is 17.1 Å². The van der Waals surface area contributed by atoms with Crippen LogP contribution in [0.4, 0.5) is 15.9 Å². The smallest absolute Gasteiger partial charge is 0.254 e. The Kier molecular flexibility index (Phi) is 4.05. The summed E-state index contributed by atoms with van der Waals surface area (Å²) < 4.78 is 22.4. The summed E-state index contributed by atoms with van der Waals surface area (Å²) in [5.41, 5.74) is 2.58. The fraction of sp³-hybridized carbons (Fsp3) is 0.176. The predicted octanol–water partition coefficient (Wildman–Crippen LogP) is 2.65. The number of nitrogens with zero attached hydrogens (tertiary/aromatic N) is 6. The van der Waals surface area contributed by atoms with Crippen molar-refractivity contribution in [1.29, 1.82) is 0 Å². The van der Waals surface area contributed by atoms with E-state index in [2.05, 4.69) is 25.5 Å². The van der Waals surface area contributed by atoms with Crippen LogP contribution >= 0.6 is 0 Å². The van der Waals surface area contributed by atoms with E-state index in [-0.39, 0.29) is 5.82 Å². The maximum Gasteiger partial charge on any atom is 0.254 e. The summed E-state index contributed by atoms with van der Waals surface area (Å²) in [6.45, 7) is 2.21. The van der Waals surface area contributed by atoms with Crippen LogP contribution in [-0.2, 0) is 11.3 Å². The molecule has 0 fully saturated rings.